The van der Waals surface area contributed by atoms with E-state index in [9.17, 15) is 0 Å². The second-order valence-corrected chi connectivity index (χ2v) is 2.96. The van der Waals surface area contributed by atoms with Crippen LogP contribution in [0.25, 0.3) is 0 Å². The summed E-state index contributed by atoms with van der Waals surface area (Å²) in [7, 11) is 0. The monoisotopic (exact) mass is 140 g/mol. The van der Waals surface area contributed by atoms with Crippen molar-refractivity contribution in [3.8, 4) is 0 Å². The molecule has 3 heteroatoms. The van der Waals surface area contributed by atoms with Crippen LogP contribution in [0.15, 0.2) is 22.8 Å². The normalized spacial score (nSPS) is 24.0. The van der Waals surface area contributed by atoms with Gasteiger partial charge < -0.3 is 5.43 Å². The van der Waals surface area contributed by atoms with E-state index in [-0.39, 0.29) is 0 Å². The van der Waals surface area contributed by atoms with Crippen LogP contribution in [0.1, 0.15) is 12.8 Å². The van der Waals surface area contributed by atoms with Crippen LogP contribution in [-0.2, 0) is 0 Å². The fourth-order valence-corrected chi connectivity index (χ4v) is 1.73. The first-order valence-corrected chi connectivity index (χ1v) is 3.86. The Kier molecular flexibility index (Phi) is 1.24. The minimum absolute atomic E-state index is 1.16. The molecule has 0 atom stereocenters. The molecule has 0 saturated heterocycles. The predicted molar refractivity (Wildman–Crippen MR) is 39.3 cm³/mol. The Morgan fingerprint density at radius 2 is 2.56 bits per heavy atom. The van der Waals surface area contributed by atoms with Crippen LogP contribution >= 0.6 is 11.9 Å². The van der Waals surface area contributed by atoms with Crippen molar-refractivity contribution in [2.24, 2.45) is 0 Å². The highest BCUT2D eigenvalue weighted by Crippen LogP contribution is 2.27. The molecule has 0 aromatic heterocycles. The lowest BCUT2D eigenvalue weighted by Gasteiger charge is -2.04. The van der Waals surface area contributed by atoms with Gasteiger partial charge in [0.25, 0.3) is 0 Å². The maximum atomic E-state index is 3.10. The van der Waals surface area contributed by atoms with Crippen molar-refractivity contribution in [3.63, 3.8) is 0 Å². The van der Waals surface area contributed by atoms with E-state index < -0.39 is 0 Å². The summed E-state index contributed by atoms with van der Waals surface area (Å²) in [6, 6.07) is 0. The fourth-order valence-electron chi connectivity index (χ4n) is 1.00. The summed E-state index contributed by atoms with van der Waals surface area (Å²) in [4.78, 5) is 4.35. The highest BCUT2D eigenvalue weighted by atomic mass is 32.2. The topological polar surface area (TPSA) is 24.1 Å². The smallest absolute Gasteiger partial charge is 0.0445 e. The second-order valence-electron chi connectivity index (χ2n) is 2.11. The van der Waals surface area contributed by atoms with E-state index in [2.05, 4.69) is 22.4 Å². The summed E-state index contributed by atoms with van der Waals surface area (Å²) in [5, 5.41) is 0. The third-order valence-corrected chi connectivity index (χ3v) is 2.30. The van der Waals surface area contributed by atoms with E-state index in [1.54, 1.807) is 11.9 Å². The van der Waals surface area contributed by atoms with Crippen LogP contribution < -0.4 is 10.3 Å². The molecule has 1 aliphatic heterocycles. The Balaban J connectivity index is 2.28. The SMILES string of the molecule is C1=CC2=C(CC1)NNS2. The molecule has 0 unspecified atom stereocenters. The van der Waals surface area contributed by atoms with Crippen molar-refractivity contribution in [1.82, 2.24) is 10.3 Å². The summed E-state index contributed by atoms with van der Waals surface area (Å²) in [6.07, 6.45) is 6.71. The number of hydrogen-bond donors (Lipinski definition) is 2. The van der Waals surface area contributed by atoms with Crippen LogP contribution in [0.2, 0.25) is 0 Å². The van der Waals surface area contributed by atoms with Gasteiger partial charge in [0, 0.05) is 10.6 Å². The van der Waals surface area contributed by atoms with Gasteiger partial charge in [0.05, 0.1) is 0 Å². The zero-order valence-corrected chi connectivity index (χ0v) is 5.79. The van der Waals surface area contributed by atoms with Crippen molar-refractivity contribution >= 4 is 11.9 Å². The summed E-state index contributed by atoms with van der Waals surface area (Å²) in [5.41, 5.74) is 4.45. The van der Waals surface area contributed by atoms with Crippen LogP contribution in [0.4, 0.5) is 0 Å². The lowest BCUT2D eigenvalue weighted by Crippen LogP contribution is -2.18. The number of allylic oxidation sites excluding steroid dienone is 3. The second kappa shape index (κ2) is 2.08. The molecule has 0 radical (unpaired) electrons. The van der Waals surface area contributed by atoms with Crippen LogP contribution in [0, 0.1) is 0 Å². The molecule has 0 amide bonds. The molecule has 0 saturated carbocycles. The number of nitrogens with one attached hydrogen (secondary N) is 2. The van der Waals surface area contributed by atoms with E-state index >= 15 is 0 Å². The molecular weight excluding hydrogens is 132 g/mol. The van der Waals surface area contributed by atoms with Gasteiger partial charge in [-0.3, -0.25) is 0 Å². The van der Waals surface area contributed by atoms with Gasteiger partial charge >= 0.3 is 0 Å². The molecule has 0 aromatic rings. The average Bonchev–Trinajstić information content (AvgIpc) is 2.33. The molecule has 1 aliphatic carbocycles. The summed E-state index contributed by atoms with van der Waals surface area (Å²) < 4.78 is 0. The molecule has 0 bridgehead atoms. The average molecular weight is 140 g/mol. The molecule has 0 fully saturated rings. The number of hydrogen-bond acceptors (Lipinski definition) is 3. The van der Waals surface area contributed by atoms with Crippen LogP contribution in [0.3, 0.4) is 0 Å². The van der Waals surface area contributed by atoms with Crippen molar-refractivity contribution in [2.45, 2.75) is 12.8 Å². The van der Waals surface area contributed by atoms with Gasteiger partial charge in [-0.05, 0) is 30.9 Å². The molecule has 0 spiro atoms. The molecule has 2 aliphatic rings. The molecule has 2 nitrogen and oxygen atoms in total. The first kappa shape index (κ1) is 5.38. The number of rotatable bonds is 0. The van der Waals surface area contributed by atoms with Crippen molar-refractivity contribution in [1.29, 1.82) is 0 Å². The van der Waals surface area contributed by atoms with E-state index in [1.807, 2.05) is 0 Å². The first-order chi connectivity index (χ1) is 4.47. The third kappa shape index (κ3) is 0.862. The van der Waals surface area contributed by atoms with E-state index in [1.165, 1.54) is 17.0 Å². The summed E-state index contributed by atoms with van der Waals surface area (Å²) in [5.74, 6) is 0. The fraction of sp³-hybridized carbons (Fsp3) is 0.333. The van der Waals surface area contributed by atoms with Gasteiger partial charge in [0.1, 0.15) is 0 Å². The Morgan fingerprint density at radius 1 is 1.56 bits per heavy atom. The minimum Gasteiger partial charge on any atom is -0.315 e. The zero-order chi connectivity index (χ0) is 6.10. The minimum atomic E-state index is 1.16. The Morgan fingerprint density at radius 3 is 3.44 bits per heavy atom. The Hall–Kier alpha value is -0.410. The molecular formula is C6H8N2S. The van der Waals surface area contributed by atoms with Crippen LogP contribution in [0.5, 0.6) is 0 Å². The Bertz CT molecular complexity index is 183. The quantitative estimate of drug-likeness (QED) is 0.496. The predicted octanol–water partition coefficient (Wildman–Crippen LogP) is 1.30. The maximum Gasteiger partial charge on any atom is 0.0445 e. The van der Waals surface area contributed by atoms with Crippen molar-refractivity contribution in [3.05, 3.63) is 22.8 Å². The van der Waals surface area contributed by atoms with E-state index in [0.29, 0.717) is 0 Å². The third-order valence-electron chi connectivity index (χ3n) is 1.49. The largest absolute Gasteiger partial charge is 0.315 e. The lowest BCUT2D eigenvalue weighted by molar-refractivity contribution is 0.759. The van der Waals surface area contributed by atoms with Crippen molar-refractivity contribution < 1.29 is 0 Å². The summed E-state index contributed by atoms with van der Waals surface area (Å²) >= 11 is 1.66. The molecule has 9 heavy (non-hydrogen) atoms. The van der Waals surface area contributed by atoms with E-state index in [0.717, 1.165) is 6.42 Å². The van der Waals surface area contributed by atoms with Crippen LogP contribution in [-0.4, -0.2) is 0 Å². The first-order valence-electron chi connectivity index (χ1n) is 3.04. The van der Waals surface area contributed by atoms with Gasteiger partial charge in [-0.2, -0.15) is 4.83 Å². The summed E-state index contributed by atoms with van der Waals surface area (Å²) in [6.45, 7) is 0. The van der Waals surface area contributed by atoms with Gasteiger partial charge in [-0.25, -0.2) is 0 Å². The molecule has 48 valence electrons. The van der Waals surface area contributed by atoms with E-state index in [4.69, 9.17) is 0 Å². The molecule has 2 N–H and O–H groups in total. The molecule has 0 aromatic carbocycles. The highest BCUT2D eigenvalue weighted by molar-refractivity contribution is 8.01. The van der Waals surface area contributed by atoms with Gasteiger partial charge in [-0.15, -0.1) is 0 Å². The standard InChI is InChI=1S/C6H8N2S/c1-2-4-6-5(3-1)7-8-9-6/h2,4,7-8H,1,3H2. The highest BCUT2D eigenvalue weighted by Gasteiger charge is 2.13. The van der Waals surface area contributed by atoms with Gasteiger partial charge in [0.15, 0.2) is 0 Å². The number of hydrazine groups is 1. The van der Waals surface area contributed by atoms with Gasteiger partial charge in [-0.1, -0.05) is 6.08 Å². The zero-order valence-electron chi connectivity index (χ0n) is 4.98. The van der Waals surface area contributed by atoms with Crippen molar-refractivity contribution in [2.75, 3.05) is 0 Å². The Labute approximate surface area is 58.5 Å². The van der Waals surface area contributed by atoms with Gasteiger partial charge in [0.2, 0.25) is 0 Å². The lowest BCUT2D eigenvalue weighted by atomic mass is 10.1. The molecule has 2 rings (SSSR count). The molecule has 1 heterocycles. The maximum absolute atomic E-state index is 3.10.